The number of hydrogen-bond donors (Lipinski definition) is 0. The van der Waals surface area contributed by atoms with E-state index in [2.05, 4.69) is 0 Å². The SMILES string of the molecule is CN1CCN(CC=O)C(=O)C1. The van der Waals surface area contributed by atoms with Gasteiger partial charge in [-0.2, -0.15) is 0 Å². The predicted octanol–water partition coefficient (Wildman–Crippen LogP) is -1.04. The molecule has 1 aliphatic heterocycles. The lowest BCUT2D eigenvalue weighted by atomic mass is 10.3. The van der Waals surface area contributed by atoms with E-state index in [0.717, 1.165) is 12.8 Å². The Morgan fingerprint density at radius 2 is 2.27 bits per heavy atom. The molecule has 1 heterocycles. The summed E-state index contributed by atoms with van der Waals surface area (Å²) in [6.45, 7) is 2.22. The molecule has 1 amide bonds. The van der Waals surface area contributed by atoms with Crippen molar-refractivity contribution in [2.45, 2.75) is 0 Å². The maximum Gasteiger partial charge on any atom is 0.237 e. The third-order valence-corrected chi connectivity index (χ3v) is 1.80. The van der Waals surface area contributed by atoms with Crippen molar-refractivity contribution in [1.29, 1.82) is 0 Å². The lowest BCUT2D eigenvalue weighted by molar-refractivity contribution is -0.137. The van der Waals surface area contributed by atoms with Crippen molar-refractivity contribution in [2.24, 2.45) is 0 Å². The molecule has 1 rings (SSSR count). The first-order valence-corrected chi connectivity index (χ1v) is 3.64. The molecule has 0 aromatic rings. The quantitative estimate of drug-likeness (QED) is 0.479. The van der Waals surface area contributed by atoms with E-state index in [9.17, 15) is 9.59 Å². The van der Waals surface area contributed by atoms with Gasteiger partial charge in [0.05, 0.1) is 13.1 Å². The Morgan fingerprint density at radius 3 is 2.82 bits per heavy atom. The van der Waals surface area contributed by atoms with E-state index in [1.807, 2.05) is 11.9 Å². The molecule has 0 spiro atoms. The van der Waals surface area contributed by atoms with Crippen LogP contribution in [-0.4, -0.2) is 55.2 Å². The van der Waals surface area contributed by atoms with Crippen molar-refractivity contribution >= 4 is 12.2 Å². The lowest BCUT2D eigenvalue weighted by Crippen LogP contribution is -2.49. The fourth-order valence-electron chi connectivity index (χ4n) is 1.11. The van der Waals surface area contributed by atoms with Gasteiger partial charge >= 0.3 is 0 Å². The smallest absolute Gasteiger partial charge is 0.237 e. The Balaban J connectivity index is 2.43. The first-order chi connectivity index (χ1) is 5.24. The van der Waals surface area contributed by atoms with Gasteiger partial charge in [0.25, 0.3) is 0 Å². The van der Waals surface area contributed by atoms with E-state index >= 15 is 0 Å². The van der Waals surface area contributed by atoms with Crippen LogP contribution in [-0.2, 0) is 9.59 Å². The highest BCUT2D eigenvalue weighted by molar-refractivity contribution is 5.81. The minimum Gasteiger partial charge on any atom is -0.333 e. The highest BCUT2D eigenvalue weighted by Crippen LogP contribution is 1.98. The van der Waals surface area contributed by atoms with Crippen molar-refractivity contribution in [1.82, 2.24) is 9.80 Å². The number of aldehydes is 1. The molecule has 1 saturated heterocycles. The summed E-state index contributed by atoms with van der Waals surface area (Å²) in [7, 11) is 1.90. The fraction of sp³-hybridized carbons (Fsp3) is 0.714. The van der Waals surface area contributed by atoms with E-state index in [-0.39, 0.29) is 12.5 Å². The monoisotopic (exact) mass is 156 g/mol. The van der Waals surface area contributed by atoms with E-state index < -0.39 is 0 Å². The van der Waals surface area contributed by atoms with Crippen LogP contribution < -0.4 is 0 Å². The zero-order chi connectivity index (χ0) is 8.27. The normalized spacial score (nSPS) is 20.5. The Labute approximate surface area is 65.8 Å². The molecule has 0 atom stereocenters. The molecule has 0 aromatic carbocycles. The minimum absolute atomic E-state index is 0.0471. The summed E-state index contributed by atoms with van der Waals surface area (Å²) in [5.74, 6) is 0.0471. The van der Waals surface area contributed by atoms with Gasteiger partial charge in [0.2, 0.25) is 5.91 Å². The van der Waals surface area contributed by atoms with Crippen LogP contribution in [0.1, 0.15) is 0 Å². The fourth-order valence-corrected chi connectivity index (χ4v) is 1.11. The predicted molar refractivity (Wildman–Crippen MR) is 40.1 cm³/mol. The molecule has 0 bridgehead atoms. The van der Waals surface area contributed by atoms with Gasteiger partial charge in [-0.1, -0.05) is 0 Å². The summed E-state index contributed by atoms with van der Waals surface area (Å²) in [6.07, 6.45) is 0.767. The topological polar surface area (TPSA) is 40.6 Å². The third kappa shape index (κ3) is 2.01. The van der Waals surface area contributed by atoms with Crippen LogP contribution >= 0.6 is 0 Å². The summed E-state index contributed by atoms with van der Waals surface area (Å²) in [4.78, 5) is 24.7. The van der Waals surface area contributed by atoms with Gasteiger partial charge in [-0.3, -0.25) is 9.69 Å². The number of carbonyl (C=O) groups excluding carboxylic acids is 2. The molecule has 0 saturated carbocycles. The standard InChI is InChI=1S/C7H12N2O2/c1-8-2-3-9(4-5-10)7(11)6-8/h5H,2-4,6H2,1H3. The molecular weight excluding hydrogens is 144 g/mol. The van der Waals surface area contributed by atoms with Gasteiger partial charge in [-0.15, -0.1) is 0 Å². The van der Waals surface area contributed by atoms with Crippen molar-refractivity contribution in [3.05, 3.63) is 0 Å². The third-order valence-electron chi connectivity index (χ3n) is 1.80. The summed E-state index contributed by atoms with van der Waals surface area (Å²) >= 11 is 0. The Kier molecular flexibility index (Phi) is 2.59. The summed E-state index contributed by atoms with van der Waals surface area (Å²) in [5.41, 5.74) is 0. The number of hydrogen-bond acceptors (Lipinski definition) is 3. The van der Waals surface area contributed by atoms with Crippen molar-refractivity contribution in [2.75, 3.05) is 33.2 Å². The maximum absolute atomic E-state index is 11.1. The highest BCUT2D eigenvalue weighted by atomic mass is 16.2. The molecule has 0 unspecified atom stereocenters. The van der Waals surface area contributed by atoms with E-state index in [4.69, 9.17) is 0 Å². The average Bonchev–Trinajstić information content (AvgIpc) is 1.95. The van der Waals surface area contributed by atoms with Crippen LogP contribution in [0, 0.1) is 0 Å². The van der Waals surface area contributed by atoms with Crippen LogP contribution in [0.2, 0.25) is 0 Å². The Bertz CT molecular complexity index is 170. The first-order valence-electron chi connectivity index (χ1n) is 3.64. The molecule has 4 nitrogen and oxygen atoms in total. The number of amides is 1. The first kappa shape index (κ1) is 8.20. The second kappa shape index (κ2) is 3.48. The van der Waals surface area contributed by atoms with Crippen molar-refractivity contribution in [3.8, 4) is 0 Å². The molecule has 11 heavy (non-hydrogen) atoms. The Morgan fingerprint density at radius 1 is 1.55 bits per heavy atom. The molecule has 0 aromatic heterocycles. The van der Waals surface area contributed by atoms with Crippen molar-refractivity contribution < 1.29 is 9.59 Å². The van der Waals surface area contributed by atoms with E-state index in [1.165, 1.54) is 0 Å². The lowest BCUT2D eigenvalue weighted by Gasteiger charge is -2.30. The minimum atomic E-state index is 0.0471. The van der Waals surface area contributed by atoms with Gasteiger partial charge in [-0.25, -0.2) is 0 Å². The second-order valence-corrected chi connectivity index (χ2v) is 2.74. The highest BCUT2D eigenvalue weighted by Gasteiger charge is 2.20. The van der Waals surface area contributed by atoms with Gasteiger partial charge in [-0.05, 0) is 7.05 Å². The molecule has 4 heteroatoms. The van der Waals surface area contributed by atoms with Gasteiger partial charge in [0, 0.05) is 13.1 Å². The largest absolute Gasteiger partial charge is 0.333 e. The summed E-state index contributed by atoms with van der Waals surface area (Å²) in [6, 6.07) is 0. The number of rotatable bonds is 2. The van der Waals surface area contributed by atoms with Gasteiger partial charge < -0.3 is 9.69 Å². The van der Waals surface area contributed by atoms with Gasteiger partial charge in [0.1, 0.15) is 6.29 Å². The second-order valence-electron chi connectivity index (χ2n) is 2.74. The maximum atomic E-state index is 11.1. The summed E-state index contributed by atoms with van der Waals surface area (Å²) < 4.78 is 0. The van der Waals surface area contributed by atoms with Crippen LogP contribution in [0.4, 0.5) is 0 Å². The van der Waals surface area contributed by atoms with Crippen LogP contribution in [0.25, 0.3) is 0 Å². The zero-order valence-corrected chi connectivity index (χ0v) is 6.62. The number of piperazine rings is 1. The zero-order valence-electron chi connectivity index (χ0n) is 6.62. The van der Waals surface area contributed by atoms with E-state index in [0.29, 0.717) is 13.1 Å². The number of likely N-dealkylation sites (N-methyl/N-ethyl adjacent to an activating group) is 1. The molecular formula is C7H12N2O2. The molecule has 0 radical (unpaired) electrons. The van der Waals surface area contributed by atoms with Crippen molar-refractivity contribution in [3.63, 3.8) is 0 Å². The molecule has 62 valence electrons. The van der Waals surface area contributed by atoms with Crippen LogP contribution in [0.3, 0.4) is 0 Å². The molecule has 1 aliphatic rings. The average molecular weight is 156 g/mol. The van der Waals surface area contributed by atoms with Gasteiger partial charge in [0.15, 0.2) is 0 Å². The molecule has 0 N–H and O–H groups in total. The number of carbonyl (C=O) groups is 2. The molecule has 1 fully saturated rings. The van der Waals surface area contributed by atoms with E-state index in [1.54, 1.807) is 4.90 Å². The van der Waals surface area contributed by atoms with Crippen LogP contribution in [0.5, 0.6) is 0 Å². The summed E-state index contributed by atoms with van der Waals surface area (Å²) in [5, 5.41) is 0. The number of nitrogens with zero attached hydrogens (tertiary/aromatic N) is 2. The van der Waals surface area contributed by atoms with Crippen LogP contribution in [0.15, 0.2) is 0 Å². The Hall–Kier alpha value is -0.900. The molecule has 0 aliphatic carbocycles.